The Kier molecular flexibility index (Phi) is 4.74. The summed E-state index contributed by atoms with van der Waals surface area (Å²) in [6, 6.07) is 20.8. The van der Waals surface area contributed by atoms with Crippen molar-refractivity contribution in [2.24, 2.45) is 5.92 Å². The second-order valence-corrected chi connectivity index (χ2v) is 7.01. The van der Waals surface area contributed by atoms with E-state index < -0.39 is 12.0 Å². The Morgan fingerprint density at radius 2 is 1.79 bits per heavy atom. The van der Waals surface area contributed by atoms with Crippen LogP contribution in [0.15, 0.2) is 66.7 Å². The molecule has 1 saturated heterocycles. The minimum Gasteiger partial charge on any atom is -0.496 e. The lowest BCUT2D eigenvalue weighted by atomic mass is 9.87. The SMILES string of the molecule is COc1ccc2ccccc2c1[C@H]1[C@H](CC(=O)O)CC(=O)N1c1ccccc1. The molecule has 4 rings (SSSR count). The van der Waals surface area contributed by atoms with Crippen LogP contribution in [0, 0.1) is 5.92 Å². The highest BCUT2D eigenvalue weighted by molar-refractivity contribution is 5.99. The summed E-state index contributed by atoms with van der Waals surface area (Å²) in [4.78, 5) is 26.3. The highest BCUT2D eigenvalue weighted by Gasteiger charge is 2.44. The minimum atomic E-state index is -0.906. The summed E-state index contributed by atoms with van der Waals surface area (Å²) in [6.45, 7) is 0. The smallest absolute Gasteiger partial charge is 0.303 e. The third-order valence-electron chi connectivity index (χ3n) is 5.35. The molecule has 0 saturated carbocycles. The van der Waals surface area contributed by atoms with E-state index in [1.54, 1.807) is 12.0 Å². The fourth-order valence-corrected chi connectivity index (χ4v) is 4.22. The molecule has 0 radical (unpaired) electrons. The maximum absolute atomic E-state index is 13.0. The van der Waals surface area contributed by atoms with Crippen molar-refractivity contribution in [3.63, 3.8) is 0 Å². The van der Waals surface area contributed by atoms with Crippen molar-refractivity contribution in [1.82, 2.24) is 0 Å². The van der Waals surface area contributed by atoms with E-state index in [9.17, 15) is 14.7 Å². The first-order chi connectivity index (χ1) is 13.6. The quantitative estimate of drug-likeness (QED) is 0.717. The van der Waals surface area contributed by atoms with Crippen LogP contribution in [-0.2, 0) is 9.59 Å². The van der Waals surface area contributed by atoms with Gasteiger partial charge >= 0.3 is 5.97 Å². The summed E-state index contributed by atoms with van der Waals surface area (Å²) < 4.78 is 5.65. The largest absolute Gasteiger partial charge is 0.496 e. The van der Waals surface area contributed by atoms with Gasteiger partial charge in [0.2, 0.25) is 5.91 Å². The number of amides is 1. The van der Waals surface area contributed by atoms with E-state index in [-0.39, 0.29) is 24.7 Å². The number of carbonyl (C=O) groups is 2. The highest BCUT2D eigenvalue weighted by Crippen LogP contribution is 2.47. The number of rotatable bonds is 5. The van der Waals surface area contributed by atoms with Crippen LogP contribution in [0.1, 0.15) is 24.4 Å². The van der Waals surface area contributed by atoms with Crippen LogP contribution < -0.4 is 9.64 Å². The monoisotopic (exact) mass is 375 g/mol. The molecule has 5 heteroatoms. The van der Waals surface area contributed by atoms with Crippen molar-refractivity contribution < 1.29 is 19.4 Å². The van der Waals surface area contributed by atoms with Gasteiger partial charge in [-0.2, -0.15) is 0 Å². The number of anilines is 1. The molecule has 142 valence electrons. The summed E-state index contributed by atoms with van der Waals surface area (Å²) in [7, 11) is 1.60. The van der Waals surface area contributed by atoms with Crippen LogP contribution in [0.25, 0.3) is 10.8 Å². The van der Waals surface area contributed by atoms with E-state index in [1.165, 1.54) is 0 Å². The van der Waals surface area contributed by atoms with E-state index in [1.807, 2.05) is 66.7 Å². The van der Waals surface area contributed by atoms with Crippen molar-refractivity contribution in [3.05, 3.63) is 72.3 Å². The predicted molar refractivity (Wildman–Crippen MR) is 108 cm³/mol. The fourth-order valence-electron chi connectivity index (χ4n) is 4.22. The van der Waals surface area contributed by atoms with Crippen molar-refractivity contribution in [3.8, 4) is 5.75 Å². The first-order valence-electron chi connectivity index (χ1n) is 9.24. The lowest BCUT2D eigenvalue weighted by Crippen LogP contribution is -2.29. The normalized spacial score (nSPS) is 19.2. The molecule has 28 heavy (non-hydrogen) atoms. The van der Waals surface area contributed by atoms with E-state index in [0.717, 1.165) is 22.0 Å². The number of carboxylic acids is 1. The average molecular weight is 375 g/mol. The van der Waals surface area contributed by atoms with Crippen molar-refractivity contribution >= 4 is 28.3 Å². The Bertz CT molecular complexity index is 1030. The number of ether oxygens (including phenoxy) is 1. The molecule has 1 aliphatic heterocycles. The number of hydrogen-bond donors (Lipinski definition) is 1. The lowest BCUT2D eigenvalue weighted by molar-refractivity contribution is -0.138. The van der Waals surface area contributed by atoms with Crippen LogP contribution in [-0.4, -0.2) is 24.1 Å². The number of fused-ring (bicyclic) bond motifs is 1. The molecule has 2 atom stereocenters. The van der Waals surface area contributed by atoms with Crippen LogP contribution >= 0.6 is 0 Å². The van der Waals surface area contributed by atoms with Gasteiger partial charge in [0.15, 0.2) is 0 Å². The summed E-state index contributed by atoms with van der Waals surface area (Å²) in [5.74, 6) is -0.658. The number of nitrogens with zero attached hydrogens (tertiary/aromatic N) is 1. The Morgan fingerprint density at radius 3 is 2.50 bits per heavy atom. The van der Waals surface area contributed by atoms with E-state index in [0.29, 0.717) is 5.75 Å². The molecule has 5 nitrogen and oxygen atoms in total. The van der Waals surface area contributed by atoms with E-state index >= 15 is 0 Å². The molecule has 1 fully saturated rings. The Morgan fingerprint density at radius 1 is 1.07 bits per heavy atom. The number of carboxylic acid groups (broad SMARTS) is 1. The number of methoxy groups -OCH3 is 1. The zero-order chi connectivity index (χ0) is 19.7. The second kappa shape index (κ2) is 7.35. The zero-order valence-electron chi connectivity index (χ0n) is 15.5. The van der Waals surface area contributed by atoms with Gasteiger partial charge in [-0.1, -0.05) is 48.5 Å². The Labute approximate surface area is 163 Å². The first-order valence-corrected chi connectivity index (χ1v) is 9.24. The average Bonchev–Trinajstić information content (AvgIpc) is 3.02. The molecular formula is C23H21NO4. The number of carbonyl (C=O) groups excluding carboxylic acids is 1. The van der Waals surface area contributed by atoms with Crippen LogP contribution in [0.5, 0.6) is 5.75 Å². The van der Waals surface area contributed by atoms with Gasteiger partial charge in [0.1, 0.15) is 5.75 Å². The van der Waals surface area contributed by atoms with E-state index in [2.05, 4.69) is 0 Å². The topological polar surface area (TPSA) is 66.8 Å². The molecule has 0 spiro atoms. The molecule has 0 aromatic heterocycles. The maximum Gasteiger partial charge on any atom is 0.303 e. The molecule has 1 N–H and O–H groups in total. The molecule has 3 aromatic carbocycles. The van der Waals surface area contributed by atoms with Gasteiger partial charge in [0.05, 0.1) is 19.6 Å². The molecular weight excluding hydrogens is 354 g/mol. The minimum absolute atomic E-state index is 0.0718. The zero-order valence-corrected chi connectivity index (χ0v) is 15.5. The van der Waals surface area contributed by atoms with Gasteiger partial charge in [-0.3, -0.25) is 9.59 Å². The predicted octanol–water partition coefficient (Wildman–Crippen LogP) is 4.42. The fraction of sp³-hybridized carbons (Fsp3) is 0.217. The number of aliphatic carboxylic acids is 1. The van der Waals surface area contributed by atoms with Gasteiger partial charge < -0.3 is 14.7 Å². The summed E-state index contributed by atoms with van der Waals surface area (Å²) in [5, 5.41) is 11.5. The maximum atomic E-state index is 13.0. The Hall–Kier alpha value is -3.34. The summed E-state index contributed by atoms with van der Waals surface area (Å²) in [5.41, 5.74) is 1.63. The van der Waals surface area contributed by atoms with Crippen LogP contribution in [0.3, 0.4) is 0 Å². The molecule has 0 bridgehead atoms. The number of benzene rings is 3. The van der Waals surface area contributed by atoms with Crippen LogP contribution in [0.2, 0.25) is 0 Å². The van der Waals surface area contributed by atoms with Crippen molar-refractivity contribution in [1.29, 1.82) is 0 Å². The van der Waals surface area contributed by atoms with E-state index in [4.69, 9.17) is 4.74 Å². The van der Waals surface area contributed by atoms with Gasteiger partial charge in [-0.25, -0.2) is 0 Å². The molecule has 0 aliphatic carbocycles. The third kappa shape index (κ3) is 3.09. The standard InChI is InChI=1S/C23H21NO4/c1-28-19-12-11-15-7-5-6-10-18(15)22(19)23-16(14-21(26)27)13-20(25)24(23)17-8-3-2-4-9-17/h2-12,16,23H,13-14H2,1H3,(H,26,27)/t16-,23+/m0/s1. The Balaban J connectivity index is 1.96. The molecule has 1 amide bonds. The third-order valence-corrected chi connectivity index (χ3v) is 5.35. The molecule has 1 heterocycles. The highest BCUT2D eigenvalue weighted by atomic mass is 16.5. The van der Waals surface area contributed by atoms with Crippen molar-refractivity contribution in [2.75, 3.05) is 12.0 Å². The molecule has 3 aromatic rings. The van der Waals surface area contributed by atoms with Crippen molar-refractivity contribution in [2.45, 2.75) is 18.9 Å². The van der Waals surface area contributed by atoms with Gasteiger partial charge in [0, 0.05) is 23.6 Å². The van der Waals surface area contributed by atoms with Gasteiger partial charge in [-0.05, 0) is 29.0 Å². The first kappa shape index (κ1) is 18.0. The summed E-state index contributed by atoms with van der Waals surface area (Å²) >= 11 is 0. The van der Waals surface area contributed by atoms with Gasteiger partial charge in [0.25, 0.3) is 0 Å². The number of para-hydroxylation sites is 1. The van der Waals surface area contributed by atoms with Crippen LogP contribution in [0.4, 0.5) is 5.69 Å². The summed E-state index contributed by atoms with van der Waals surface area (Å²) in [6.07, 6.45) is 0.115. The second-order valence-electron chi connectivity index (χ2n) is 7.01. The molecule has 0 unspecified atom stereocenters. The van der Waals surface area contributed by atoms with Gasteiger partial charge in [-0.15, -0.1) is 0 Å². The number of hydrogen-bond acceptors (Lipinski definition) is 3. The lowest BCUT2D eigenvalue weighted by Gasteiger charge is -2.30. The molecule has 1 aliphatic rings.